The first-order valence-corrected chi connectivity index (χ1v) is 12.3. The second-order valence-electron chi connectivity index (χ2n) is 7.48. The van der Waals surface area contributed by atoms with Gasteiger partial charge in [-0.05, 0) is 55.0 Å². The molecule has 0 atom stereocenters. The largest absolute Gasteiger partial charge is 0.497 e. The van der Waals surface area contributed by atoms with E-state index in [1.165, 1.54) is 0 Å². The summed E-state index contributed by atoms with van der Waals surface area (Å²) in [7, 11) is -2.06. The van der Waals surface area contributed by atoms with Crippen LogP contribution in [0.4, 0.5) is 5.69 Å². The fourth-order valence-electron chi connectivity index (χ4n) is 3.00. The molecule has 0 spiro atoms. The summed E-state index contributed by atoms with van der Waals surface area (Å²) >= 11 is 6.11. The zero-order valence-corrected chi connectivity index (χ0v) is 20.1. The maximum atomic E-state index is 12.8. The van der Waals surface area contributed by atoms with E-state index in [-0.39, 0.29) is 13.1 Å². The number of carbonyl (C=O) groups is 1. The Balaban J connectivity index is 1.75. The molecule has 3 aromatic rings. The van der Waals surface area contributed by atoms with Gasteiger partial charge in [0, 0.05) is 11.6 Å². The maximum Gasteiger partial charge on any atom is 0.239 e. The van der Waals surface area contributed by atoms with Crippen molar-refractivity contribution in [2.75, 3.05) is 25.2 Å². The molecule has 0 saturated heterocycles. The molecule has 0 heterocycles. The highest BCUT2D eigenvalue weighted by atomic mass is 35.5. The van der Waals surface area contributed by atoms with Crippen molar-refractivity contribution in [3.8, 4) is 17.2 Å². The van der Waals surface area contributed by atoms with E-state index in [2.05, 4.69) is 5.32 Å². The minimum absolute atomic E-state index is 0.0806. The Morgan fingerprint density at radius 3 is 2.24 bits per heavy atom. The van der Waals surface area contributed by atoms with Gasteiger partial charge in [-0.2, -0.15) is 4.31 Å². The molecule has 9 heteroatoms. The molecule has 0 aromatic heterocycles. The zero-order chi connectivity index (χ0) is 24.0. The first-order chi connectivity index (χ1) is 15.6. The molecule has 0 fully saturated rings. The van der Waals surface area contributed by atoms with Crippen molar-refractivity contribution in [3.05, 3.63) is 82.9 Å². The number of aryl methyl sites for hydroxylation is 1. The number of sulfonamides is 1. The molecule has 0 radical (unpaired) electrons. The Bertz CT molecular complexity index is 1210. The minimum Gasteiger partial charge on any atom is -0.497 e. The normalized spacial score (nSPS) is 11.3. The van der Waals surface area contributed by atoms with Crippen LogP contribution in [0.1, 0.15) is 11.1 Å². The lowest BCUT2D eigenvalue weighted by Crippen LogP contribution is -2.36. The highest BCUT2D eigenvalue weighted by Crippen LogP contribution is 2.32. The number of hydrogen-bond acceptors (Lipinski definition) is 5. The quantitative estimate of drug-likeness (QED) is 0.465. The minimum atomic E-state index is -3.63. The fourth-order valence-corrected chi connectivity index (χ4v) is 3.90. The van der Waals surface area contributed by atoms with Gasteiger partial charge in [0.15, 0.2) is 5.75 Å². The van der Waals surface area contributed by atoms with Gasteiger partial charge in [-0.25, -0.2) is 8.42 Å². The molecule has 7 nitrogen and oxygen atoms in total. The summed E-state index contributed by atoms with van der Waals surface area (Å²) in [5.74, 6) is 1.06. The lowest BCUT2D eigenvalue weighted by molar-refractivity contribution is -0.116. The first kappa shape index (κ1) is 24.6. The summed E-state index contributed by atoms with van der Waals surface area (Å²) in [5.41, 5.74) is 2.17. The van der Waals surface area contributed by atoms with Crippen LogP contribution in [-0.2, 0) is 21.4 Å². The molecule has 0 unspecified atom stereocenters. The number of carbonyl (C=O) groups excluding carboxylic acids is 1. The average molecular weight is 489 g/mol. The highest BCUT2D eigenvalue weighted by molar-refractivity contribution is 7.88. The van der Waals surface area contributed by atoms with Gasteiger partial charge in [-0.3, -0.25) is 4.79 Å². The average Bonchev–Trinajstić information content (AvgIpc) is 2.76. The molecule has 3 rings (SSSR count). The van der Waals surface area contributed by atoms with E-state index in [0.29, 0.717) is 28.0 Å². The van der Waals surface area contributed by atoms with E-state index >= 15 is 0 Å². The fraction of sp³-hybridized carbons (Fsp3) is 0.208. The number of benzene rings is 3. The third kappa shape index (κ3) is 7.21. The summed E-state index contributed by atoms with van der Waals surface area (Å²) in [6.45, 7) is 1.67. The van der Waals surface area contributed by atoms with Crippen LogP contribution < -0.4 is 14.8 Å². The molecule has 0 aliphatic heterocycles. The molecule has 33 heavy (non-hydrogen) atoms. The number of nitrogens with one attached hydrogen (secondary N) is 1. The van der Waals surface area contributed by atoms with Crippen LogP contribution in [0.5, 0.6) is 17.2 Å². The van der Waals surface area contributed by atoms with E-state index in [0.717, 1.165) is 21.7 Å². The van der Waals surface area contributed by atoms with Gasteiger partial charge < -0.3 is 14.8 Å². The zero-order valence-electron chi connectivity index (χ0n) is 18.5. The van der Waals surface area contributed by atoms with E-state index in [9.17, 15) is 13.2 Å². The topological polar surface area (TPSA) is 84.9 Å². The van der Waals surface area contributed by atoms with Crippen LogP contribution >= 0.6 is 11.6 Å². The molecular formula is C24H25ClN2O5S. The Morgan fingerprint density at radius 2 is 1.64 bits per heavy atom. The van der Waals surface area contributed by atoms with Gasteiger partial charge in [-0.1, -0.05) is 41.4 Å². The van der Waals surface area contributed by atoms with Crippen molar-refractivity contribution in [1.82, 2.24) is 4.31 Å². The molecule has 1 N–H and O–H groups in total. The van der Waals surface area contributed by atoms with Crippen LogP contribution in [0.2, 0.25) is 5.02 Å². The van der Waals surface area contributed by atoms with E-state index in [1.54, 1.807) is 49.6 Å². The van der Waals surface area contributed by atoms with Crippen molar-refractivity contribution in [1.29, 1.82) is 0 Å². The van der Waals surface area contributed by atoms with Crippen LogP contribution in [0.25, 0.3) is 0 Å². The van der Waals surface area contributed by atoms with Crippen molar-refractivity contribution in [2.24, 2.45) is 0 Å². The van der Waals surface area contributed by atoms with Gasteiger partial charge in [0.1, 0.15) is 11.5 Å². The number of rotatable bonds is 9. The van der Waals surface area contributed by atoms with Crippen molar-refractivity contribution in [2.45, 2.75) is 13.5 Å². The van der Waals surface area contributed by atoms with Crippen LogP contribution in [0.15, 0.2) is 66.7 Å². The predicted molar refractivity (Wildman–Crippen MR) is 130 cm³/mol. The van der Waals surface area contributed by atoms with Crippen molar-refractivity contribution >= 4 is 33.2 Å². The number of anilines is 1. The summed E-state index contributed by atoms with van der Waals surface area (Å²) in [6.07, 6.45) is 1.08. The number of ether oxygens (including phenoxy) is 2. The lowest BCUT2D eigenvalue weighted by atomic mass is 10.1. The van der Waals surface area contributed by atoms with Crippen molar-refractivity contribution < 1.29 is 22.7 Å². The lowest BCUT2D eigenvalue weighted by Gasteiger charge is -2.20. The number of nitrogens with zero attached hydrogens (tertiary/aromatic N) is 1. The van der Waals surface area contributed by atoms with E-state index in [1.807, 2.05) is 31.2 Å². The van der Waals surface area contributed by atoms with Gasteiger partial charge in [0.2, 0.25) is 15.9 Å². The van der Waals surface area contributed by atoms with Gasteiger partial charge >= 0.3 is 0 Å². The summed E-state index contributed by atoms with van der Waals surface area (Å²) < 4.78 is 36.7. The monoisotopic (exact) mass is 488 g/mol. The molecule has 0 bridgehead atoms. The second kappa shape index (κ2) is 10.7. The Hall–Kier alpha value is -3.07. The van der Waals surface area contributed by atoms with Gasteiger partial charge in [-0.15, -0.1) is 0 Å². The Kier molecular flexibility index (Phi) is 7.97. The summed E-state index contributed by atoms with van der Waals surface area (Å²) in [5, 5.41) is 3.11. The third-order valence-electron chi connectivity index (χ3n) is 4.77. The van der Waals surface area contributed by atoms with Crippen LogP contribution in [0, 0.1) is 6.92 Å². The van der Waals surface area contributed by atoms with Crippen LogP contribution in [0.3, 0.4) is 0 Å². The summed E-state index contributed by atoms with van der Waals surface area (Å²) in [6, 6.07) is 19.2. The molecule has 3 aromatic carbocycles. The molecule has 0 aliphatic carbocycles. The summed E-state index contributed by atoms with van der Waals surface area (Å²) in [4.78, 5) is 12.8. The molecule has 174 valence electrons. The number of amides is 1. The predicted octanol–water partition coefficient (Wildman–Crippen LogP) is 4.85. The highest BCUT2D eigenvalue weighted by Gasteiger charge is 2.21. The van der Waals surface area contributed by atoms with Crippen molar-refractivity contribution in [3.63, 3.8) is 0 Å². The number of halogens is 1. The second-order valence-corrected chi connectivity index (χ2v) is 9.90. The molecule has 0 saturated carbocycles. The standard InChI is InChI=1S/C24H25ClN2O5S/c1-17-4-6-18(7-5-17)15-27(33(3,29)30)16-24(28)26-22-14-19(25)8-13-23(22)32-21-11-9-20(31-2)10-12-21/h4-14H,15-16H2,1-3H3,(H,26,28). The first-order valence-electron chi connectivity index (χ1n) is 10.1. The SMILES string of the molecule is COc1ccc(Oc2ccc(Cl)cc2NC(=O)CN(Cc2ccc(C)cc2)S(C)(=O)=O)cc1. The van der Waals surface area contributed by atoms with Crippen LogP contribution in [-0.4, -0.2) is 38.5 Å². The van der Waals surface area contributed by atoms with Gasteiger partial charge in [0.05, 0.1) is 25.6 Å². The third-order valence-corrected chi connectivity index (χ3v) is 6.20. The van der Waals surface area contributed by atoms with E-state index in [4.69, 9.17) is 21.1 Å². The molecule has 1 amide bonds. The smallest absolute Gasteiger partial charge is 0.239 e. The van der Waals surface area contributed by atoms with E-state index < -0.39 is 15.9 Å². The Morgan fingerprint density at radius 1 is 1.00 bits per heavy atom. The molecular weight excluding hydrogens is 464 g/mol. The van der Waals surface area contributed by atoms with Gasteiger partial charge in [0.25, 0.3) is 0 Å². The Labute approximate surface area is 198 Å². The number of hydrogen-bond donors (Lipinski definition) is 1. The number of methoxy groups -OCH3 is 1. The molecule has 0 aliphatic rings. The maximum absolute atomic E-state index is 12.8.